The first-order valence-electron chi connectivity index (χ1n) is 7.42. The van der Waals surface area contributed by atoms with Crippen molar-refractivity contribution in [1.29, 1.82) is 0 Å². The van der Waals surface area contributed by atoms with Crippen LogP contribution in [-0.4, -0.2) is 16.7 Å². The highest BCUT2D eigenvalue weighted by Gasteiger charge is 2.07. The van der Waals surface area contributed by atoms with Crippen LogP contribution in [0.1, 0.15) is 42.1 Å². The van der Waals surface area contributed by atoms with Gasteiger partial charge in [0, 0.05) is 5.56 Å². The van der Waals surface area contributed by atoms with Crippen molar-refractivity contribution in [3.8, 4) is 5.75 Å². The molecule has 2 aromatic rings. The molecule has 0 radical (unpaired) electrons. The van der Waals surface area contributed by atoms with E-state index in [0.717, 1.165) is 30.5 Å². The van der Waals surface area contributed by atoms with Gasteiger partial charge in [-0.2, -0.15) is 5.10 Å². The number of unbranched alkanes of at least 4 members (excludes halogenated alkanes) is 1. The third-order valence-electron chi connectivity index (χ3n) is 3.30. The number of rotatable bonds is 6. The second kappa shape index (κ2) is 7.98. The Bertz CT molecular complexity index is 634. The zero-order valence-corrected chi connectivity index (χ0v) is 12.6. The molecule has 0 atom stereocenters. The second-order valence-corrected chi connectivity index (χ2v) is 5.02. The van der Waals surface area contributed by atoms with Crippen LogP contribution in [0.3, 0.4) is 0 Å². The summed E-state index contributed by atoms with van der Waals surface area (Å²) < 4.78 is 0. The average molecular weight is 296 g/mol. The summed E-state index contributed by atoms with van der Waals surface area (Å²) in [5, 5.41) is 13.5. The van der Waals surface area contributed by atoms with E-state index in [1.807, 2.05) is 30.3 Å². The predicted molar refractivity (Wildman–Crippen MR) is 88.1 cm³/mol. The molecule has 0 bridgehead atoms. The number of aromatic hydroxyl groups is 1. The molecule has 0 saturated heterocycles. The molecule has 1 amide bonds. The highest BCUT2D eigenvalue weighted by molar-refractivity contribution is 6.02. The quantitative estimate of drug-likeness (QED) is 0.630. The number of phenols is 1. The lowest BCUT2D eigenvalue weighted by molar-refractivity contribution is 0.0955. The third kappa shape index (κ3) is 4.45. The van der Waals surface area contributed by atoms with Gasteiger partial charge in [0.25, 0.3) is 5.91 Å². The Morgan fingerprint density at radius 1 is 1.05 bits per heavy atom. The molecule has 0 fully saturated rings. The first kappa shape index (κ1) is 15.8. The highest BCUT2D eigenvalue weighted by Crippen LogP contribution is 2.10. The Kier molecular flexibility index (Phi) is 5.72. The lowest BCUT2D eigenvalue weighted by Gasteiger charge is -2.07. The third-order valence-corrected chi connectivity index (χ3v) is 3.30. The molecule has 0 aliphatic heterocycles. The van der Waals surface area contributed by atoms with Crippen molar-refractivity contribution in [2.24, 2.45) is 5.10 Å². The smallest absolute Gasteiger partial charge is 0.271 e. The van der Waals surface area contributed by atoms with Crippen LogP contribution in [0.4, 0.5) is 0 Å². The van der Waals surface area contributed by atoms with E-state index in [-0.39, 0.29) is 11.7 Å². The van der Waals surface area contributed by atoms with Gasteiger partial charge < -0.3 is 5.11 Å². The molecular formula is C18H20N2O2. The van der Waals surface area contributed by atoms with E-state index in [1.165, 1.54) is 12.1 Å². The van der Waals surface area contributed by atoms with E-state index in [0.29, 0.717) is 5.56 Å². The Hall–Kier alpha value is -2.62. The van der Waals surface area contributed by atoms with Crippen molar-refractivity contribution in [2.75, 3.05) is 0 Å². The second-order valence-electron chi connectivity index (χ2n) is 5.02. The van der Waals surface area contributed by atoms with E-state index in [2.05, 4.69) is 17.5 Å². The van der Waals surface area contributed by atoms with Crippen molar-refractivity contribution in [3.05, 3.63) is 65.7 Å². The largest absolute Gasteiger partial charge is 0.508 e. The normalized spacial score (nSPS) is 11.2. The lowest BCUT2D eigenvalue weighted by atomic mass is 10.1. The number of carbonyl (C=O) groups is 1. The number of carbonyl (C=O) groups excluding carboxylic acids is 1. The summed E-state index contributed by atoms with van der Waals surface area (Å²) in [6, 6.07) is 15.9. The minimum absolute atomic E-state index is 0.132. The maximum Gasteiger partial charge on any atom is 0.271 e. The monoisotopic (exact) mass is 296 g/mol. The molecule has 0 aliphatic carbocycles. The lowest BCUT2D eigenvalue weighted by Crippen LogP contribution is -2.20. The van der Waals surface area contributed by atoms with Gasteiger partial charge in [-0.05, 0) is 42.7 Å². The molecule has 114 valence electrons. The SMILES string of the molecule is CCCC/C(=N/NC(=O)c1ccc(O)cc1)c1ccccc1. The van der Waals surface area contributed by atoms with Crippen LogP contribution in [0.2, 0.25) is 0 Å². The summed E-state index contributed by atoms with van der Waals surface area (Å²) in [7, 11) is 0. The summed E-state index contributed by atoms with van der Waals surface area (Å²) >= 11 is 0. The first-order chi connectivity index (χ1) is 10.7. The van der Waals surface area contributed by atoms with Crippen molar-refractivity contribution < 1.29 is 9.90 Å². The Balaban J connectivity index is 2.12. The van der Waals surface area contributed by atoms with Crippen LogP contribution in [0.5, 0.6) is 5.75 Å². The molecule has 22 heavy (non-hydrogen) atoms. The van der Waals surface area contributed by atoms with Crippen LogP contribution in [0, 0.1) is 0 Å². The molecule has 4 nitrogen and oxygen atoms in total. The maximum absolute atomic E-state index is 12.1. The molecule has 0 saturated carbocycles. The topological polar surface area (TPSA) is 61.7 Å². The average Bonchev–Trinajstić information content (AvgIpc) is 2.56. The van der Waals surface area contributed by atoms with Gasteiger partial charge in [0.05, 0.1) is 5.71 Å². The first-order valence-corrected chi connectivity index (χ1v) is 7.42. The standard InChI is InChI=1S/C18H20N2O2/c1-2-3-9-17(14-7-5-4-6-8-14)19-20-18(22)15-10-12-16(21)13-11-15/h4-8,10-13,21H,2-3,9H2,1H3,(H,20,22)/b19-17-. The fourth-order valence-corrected chi connectivity index (χ4v) is 2.04. The zero-order chi connectivity index (χ0) is 15.8. The molecule has 2 aromatic carbocycles. The van der Waals surface area contributed by atoms with Crippen molar-refractivity contribution >= 4 is 11.6 Å². The minimum Gasteiger partial charge on any atom is -0.508 e. The number of nitrogens with zero attached hydrogens (tertiary/aromatic N) is 1. The van der Waals surface area contributed by atoms with Gasteiger partial charge in [0.2, 0.25) is 0 Å². The van der Waals surface area contributed by atoms with Crippen LogP contribution in [-0.2, 0) is 0 Å². The summed E-state index contributed by atoms with van der Waals surface area (Å²) in [5.74, 6) is -0.155. The van der Waals surface area contributed by atoms with E-state index in [1.54, 1.807) is 12.1 Å². The summed E-state index contributed by atoms with van der Waals surface area (Å²) in [4.78, 5) is 12.1. The number of hydrogen-bond acceptors (Lipinski definition) is 3. The van der Waals surface area contributed by atoms with Gasteiger partial charge in [0.1, 0.15) is 5.75 Å². The van der Waals surface area contributed by atoms with E-state index >= 15 is 0 Å². The van der Waals surface area contributed by atoms with E-state index in [4.69, 9.17) is 0 Å². The van der Waals surface area contributed by atoms with Gasteiger partial charge in [-0.15, -0.1) is 0 Å². The number of hydrazone groups is 1. The van der Waals surface area contributed by atoms with Gasteiger partial charge in [-0.1, -0.05) is 43.7 Å². The molecule has 0 spiro atoms. The number of benzene rings is 2. The van der Waals surface area contributed by atoms with Gasteiger partial charge in [0.15, 0.2) is 0 Å². The highest BCUT2D eigenvalue weighted by atomic mass is 16.3. The maximum atomic E-state index is 12.1. The summed E-state index contributed by atoms with van der Waals surface area (Å²) in [5.41, 5.74) is 4.94. The predicted octanol–water partition coefficient (Wildman–Crippen LogP) is 3.72. The Morgan fingerprint density at radius 2 is 1.73 bits per heavy atom. The van der Waals surface area contributed by atoms with Crippen LogP contribution >= 0.6 is 0 Å². The molecule has 0 heterocycles. The fraction of sp³-hybridized carbons (Fsp3) is 0.222. The van der Waals surface area contributed by atoms with E-state index in [9.17, 15) is 9.90 Å². The van der Waals surface area contributed by atoms with Gasteiger partial charge >= 0.3 is 0 Å². The number of amides is 1. The van der Waals surface area contributed by atoms with Crippen molar-refractivity contribution in [2.45, 2.75) is 26.2 Å². The number of phenolic OH excluding ortho intramolecular Hbond substituents is 1. The number of nitrogens with one attached hydrogen (secondary N) is 1. The molecule has 2 N–H and O–H groups in total. The molecule has 2 rings (SSSR count). The molecule has 0 aliphatic rings. The van der Waals surface area contributed by atoms with Crippen LogP contribution in [0.15, 0.2) is 59.7 Å². The van der Waals surface area contributed by atoms with Gasteiger partial charge in [-0.3, -0.25) is 4.79 Å². The summed E-state index contributed by atoms with van der Waals surface area (Å²) in [6.45, 7) is 2.12. The summed E-state index contributed by atoms with van der Waals surface area (Å²) in [6.07, 6.45) is 2.90. The Labute approximate surface area is 130 Å². The molecule has 0 aromatic heterocycles. The fourth-order valence-electron chi connectivity index (χ4n) is 2.04. The van der Waals surface area contributed by atoms with Crippen molar-refractivity contribution in [3.63, 3.8) is 0 Å². The van der Waals surface area contributed by atoms with Crippen LogP contribution in [0.25, 0.3) is 0 Å². The van der Waals surface area contributed by atoms with Crippen molar-refractivity contribution in [1.82, 2.24) is 5.43 Å². The molecule has 4 heteroatoms. The zero-order valence-electron chi connectivity index (χ0n) is 12.6. The van der Waals surface area contributed by atoms with Gasteiger partial charge in [-0.25, -0.2) is 5.43 Å². The number of hydrogen-bond donors (Lipinski definition) is 2. The molecule has 0 unspecified atom stereocenters. The molecular weight excluding hydrogens is 276 g/mol. The Morgan fingerprint density at radius 3 is 2.36 bits per heavy atom. The van der Waals surface area contributed by atoms with E-state index < -0.39 is 0 Å². The van der Waals surface area contributed by atoms with Crippen LogP contribution < -0.4 is 5.43 Å². The minimum atomic E-state index is -0.287.